The lowest BCUT2D eigenvalue weighted by Gasteiger charge is -2.29. The summed E-state index contributed by atoms with van der Waals surface area (Å²) < 4.78 is 15.0. The molecular weight excluding hydrogens is 341 g/mol. The van der Waals surface area contributed by atoms with E-state index in [1.807, 2.05) is 25.1 Å². The van der Waals surface area contributed by atoms with Crippen molar-refractivity contribution in [1.82, 2.24) is 14.7 Å². The number of likely N-dealkylation sites (tertiary alicyclic amines) is 1. The molecule has 1 aromatic heterocycles. The molecule has 0 spiro atoms. The molecule has 27 heavy (non-hydrogen) atoms. The van der Waals surface area contributed by atoms with Crippen LogP contribution in [0.25, 0.3) is 10.8 Å². The average molecular weight is 365 g/mol. The molecule has 0 amide bonds. The molecule has 0 atom stereocenters. The van der Waals surface area contributed by atoms with Crippen molar-refractivity contribution in [2.75, 3.05) is 20.1 Å². The highest BCUT2D eigenvalue weighted by Gasteiger charge is 2.22. The van der Waals surface area contributed by atoms with E-state index >= 15 is 0 Å². The highest BCUT2D eigenvalue weighted by atomic mass is 19.1. The fourth-order valence-corrected chi connectivity index (χ4v) is 3.85. The van der Waals surface area contributed by atoms with Crippen molar-refractivity contribution in [2.24, 2.45) is 0 Å². The lowest BCUT2D eigenvalue weighted by atomic mass is 10.0. The third-order valence-electron chi connectivity index (χ3n) is 5.47. The Hall–Kier alpha value is -2.53. The van der Waals surface area contributed by atoms with E-state index in [-0.39, 0.29) is 17.4 Å². The molecule has 140 valence electrons. The van der Waals surface area contributed by atoms with Crippen LogP contribution in [-0.4, -0.2) is 34.8 Å². The van der Waals surface area contributed by atoms with E-state index in [0.717, 1.165) is 48.1 Å². The van der Waals surface area contributed by atoms with Gasteiger partial charge >= 0.3 is 0 Å². The van der Waals surface area contributed by atoms with Gasteiger partial charge in [-0.1, -0.05) is 23.8 Å². The zero-order chi connectivity index (χ0) is 19.0. The van der Waals surface area contributed by atoms with E-state index in [2.05, 4.69) is 11.9 Å². The number of aromatic nitrogens is 2. The van der Waals surface area contributed by atoms with Crippen LogP contribution < -0.4 is 5.56 Å². The van der Waals surface area contributed by atoms with Crippen LogP contribution in [0.3, 0.4) is 0 Å². The highest BCUT2D eigenvalue weighted by Crippen LogP contribution is 2.23. The van der Waals surface area contributed by atoms with Gasteiger partial charge in [-0.05, 0) is 69.7 Å². The Bertz CT molecular complexity index is 1020. The van der Waals surface area contributed by atoms with Crippen LogP contribution in [0.2, 0.25) is 0 Å². The zero-order valence-corrected chi connectivity index (χ0v) is 15.8. The van der Waals surface area contributed by atoms with E-state index in [0.29, 0.717) is 11.8 Å². The summed E-state index contributed by atoms with van der Waals surface area (Å²) in [6.45, 7) is 3.96. The second-order valence-corrected chi connectivity index (χ2v) is 7.58. The fourth-order valence-electron chi connectivity index (χ4n) is 3.85. The second-order valence-electron chi connectivity index (χ2n) is 7.58. The first-order chi connectivity index (χ1) is 13.0. The molecule has 1 saturated heterocycles. The van der Waals surface area contributed by atoms with Gasteiger partial charge in [0.05, 0.1) is 17.1 Å². The zero-order valence-electron chi connectivity index (χ0n) is 15.8. The van der Waals surface area contributed by atoms with Crippen molar-refractivity contribution in [1.29, 1.82) is 0 Å². The number of rotatable bonds is 3. The summed E-state index contributed by atoms with van der Waals surface area (Å²) in [4.78, 5) is 15.4. The first-order valence-electron chi connectivity index (χ1n) is 9.46. The summed E-state index contributed by atoms with van der Waals surface area (Å²) in [5.41, 5.74) is 2.95. The van der Waals surface area contributed by atoms with Gasteiger partial charge in [0.15, 0.2) is 0 Å². The number of fused-ring (bicyclic) bond motifs is 1. The van der Waals surface area contributed by atoms with E-state index in [1.54, 1.807) is 16.8 Å². The van der Waals surface area contributed by atoms with Crippen molar-refractivity contribution in [3.63, 3.8) is 0 Å². The molecule has 2 heterocycles. The van der Waals surface area contributed by atoms with Crippen LogP contribution in [-0.2, 0) is 6.42 Å². The minimum absolute atomic E-state index is 0.0117. The topological polar surface area (TPSA) is 38.1 Å². The monoisotopic (exact) mass is 365 g/mol. The lowest BCUT2D eigenvalue weighted by molar-refractivity contribution is 0.208. The van der Waals surface area contributed by atoms with Crippen molar-refractivity contribution in [2.45, 2.75) is 32.2 Å². The van der Waals surface area contributed by atoms with E-state index in [9.17, 15) is 9.18 Å². The Kier molecular flexibility index (Phi) is 4.79. The lowest BCUT2D eigenvalue weighted by Crippen LogP contribution is -2.37. The van der Waals surface area contributed by atoms with E-state index in [4.69, 9.17) is 5.10 Å². The molecule has 3 aromatic rings. The van der Waals surface area contributed by atoms with Crippen LogP contribution in [0.1, 0.15) is 35.7 Å². The number of halogens is 1. The molecule has 1 aliphatic rings. The minimum atomic E-state index is -0.247. The predicted octanol–water partition coefficient (Wildman–Crippen LogP) is 3.70. The molecule has 2 aromatic carbocycles. The highest BCUT2D eigenvalue weighted by molar-refractivity contribution is 5.84. The first kappa shape index (κ1) is 17.9. The Labute approximate surface area is 158 Å². The van der Waals surface area contributed by atoms with Gasteiger partial charge in [0, 0.05) is 11.8 Å². The third kappa shape index (κ3) is 3.65. The molecule has 0 N–H and O–H groups in total. The minimum Gasteiger partial charge on any atom is -0.306 e. The third-order valence-corrected chi connectivity index (χ3v) is 5.47. The summed E-state index contributed by atoms with van der Waals surface area (Å²) in [5, 5.41) is 6.41. The van der Waals surface area contributed by atoms with Gasteiger partial charge in [-0.25, -0.2) is 9.07 Å². The van der Waals surface area contributed by atoms with Gasteiger partial charge < -0.3 is 4.90 Å². The number of hydrogen-bond donors (Lipinski definition) is 0. The average Bonchev–Trinajstić information content (AvgIpc) is 2.66. The molecule has 1 fully saturated rings. The summed E-state index contributed by atoms with van der Waals surface area (Å²) in [5.74, 6) is -0.247. The molecule has 0 saturated carbocycles. The van der Waals surface area contributed by atoms with Crippen LogP contribution in [0.5, 0.6) is 0 Å². The SMILES string of the molecule is Cc1ccc2c(=O)n(C3CCN(C)CC3)nc(Cc3ccc(F)cc3)c2c1. The van der Waals surface area contributed by atoms with Crippen LogP contribution >= 0.6 is 0 Å². The van der Waals surface area contributed by atoms with Crippen molar-refractivity contribution in [3.05, 3.63) is 75.5 Å². The molecular formula is C22H24FN3O. The normalized spacial score (nSPS) is 16.1. The van der Waals surface area contributed by atoms with Crippen LogP contribution in [0, 0.1) is 12.7 Å². The van der Waals surface area contributed by atoms with Gasteiger partial charge in [-0.2, -0.15) is 5.10 Å². The van der Waals surface area contributed by atoms with Crippen molar-refractivity contribution < 1.29 is 4.39 Å². The number of aryl methyl sites for hydroxylation is 1. The summed E-state index contributed by atoms with van der Waals surface area (Å²) in [6, 6.07) is 12.5. The van der Waals surface area contributed by atoms with Gasteiger partial charge in [-0.15, -0.1) is 0 Å². The van der Waals surface area contributed by atoms with E-state index in [1.165, 1.54) is 12.1 Å². The summed E-state index contributed by atoms with van der Waals surface area (Å²) in [6.07, 6.45) is 2.43. The molecule has 1 aliphatic heterocycles. The standard InChI is InChI=1S/C22H24FN3O/c1-15-3-8-19-20(13-15)21(14-16-4-6-17(23)7-5-16)24-26(22(19)27)18-9-11-25(2)12-10-18/h3-8,13,18H,9-12,14H2,1-2H3. The van der Waals surface area contributed by atoms with Gasteiger partial charge in [0.2, 0.25) is 0 Å². The summed E-state index contributed by atoms with van der Waals surface area (Å²) >= 11 is 0. The van der Waals surface area contributed by atoms with Crippen molar-refractivity contribution in [3.8, 4) is 0 Å². The fraction of sp³-hybridized carbons (Fsp3) is 0.364. The maximum absolute atomic E-state index is 13.3. The van der Waals surface area contributed by atoms with Gasteiger partial charge in [0.1, 0.15) is 5.82 Å². The second kappa shape index (κ2) is 7.24. The maximum atomic E-state index is 13.3. The number of hydrogen-bond acceptors (Lipinski definition) is 3. The Morgan fingerprint density at radius 2 is 1.78 bits per heavy atom. The predicted molar refractivity (Wildman–Crippen MR) is 106 cm³/mol. The molecule has 0 unspecified atom stereocenters. The van der Waals surface area contributed by atoms with Crippen LogP contribution in [0.15, 0.2) is 47.3 Å². The number of benzene rings is 2. The first-order valence-corrected chi connectivity index (χ1v) is 9.46. The Balaban J connectivity index is 1.82. The van der Waals surface area contributed by atoms with Crippen LogP contribution in [0.4, 0.5) is 4.39 Å². The van der Waals surface area contributed by atoms with Crippen molar-refractivity contribution >= 4 is 10.8 Å². The van der Waals surface area contributed by atoms with E-state index < -0.39 is 0 Å². The Morgan fingerprint density at radius 3 is 2.48 bits per heavy atom. The Morgan fingerprint density at radius 1 is 1.07 bits per heavy atom. The summed E-state index contributed by atoms with van der Waals surface area (Å²) in [7, 11) is 2.11. The quantitative estimate of drug-likeness (QED) is 0.710. The molecule has 0 radical (unpaired) electrons. The molecule has 0 bridgehead atoms. The molecule has 4 rings (SSSR count). The molecule has 5 heteroatoms. The smallest absolute Gasteiger partial charge is 0.274 e. The number of nitrogens with zero attached hydrogens (tertiary/aromatic N) is 3. The largest absolute Gasteiger partial charge is 0.306 e. The molecule has 0 aliphatic carbocycles. The molecule has 4 nitrogen and oxygen atoms in total. The maximum Gasteiger partial charge on any atom is 0.274 e. The van der Waals surface area contributed by atoms with Gasteiger partial charge in [-0.3, -0.25) is 4.79 Å². The number of piperidine rings is 1. The van der Waals surface area contributed by atoms with Gasteiger partial charge in [0.25, 0.3) is 5.56 Å².